The fourth-order valence-corrected chi connectivity index (χ4v) is 2.08. The minimum Gasteiger partial charge on any atom is -0.443 e. The molecule has 0 aromatic carbocycles. The zero-order chi connectivity index (χ0) is 15.1. The number of hydrogen-bond acceptors (Lipinski definition) is 4. The van der Waals surface area contributed by atoms with Gasteiger partial charge in [-0.2, -0.15) is 9.61 Å². The highest BCUT2D eigenvalue weighted by Gasteiger charge is 2.23. The number of nitrogens with zero attached hydrogens (tertiary/aromatic N) is 4. The van der Waals surface area contributed by atoms with Crippen molar-refractivity contribution in [3.05, 3.63) is 21.9 Å². The molecule has 20 heavy (non-hydrogen) atoms. The van der Waals surface area contributed by atoms with Gasteiger partial charge in [-0.15, -0.1) is 0 Å². The molecule has 1 amide bonds. The molecule has 0 aliphatic rings. The second-order valence-electron chi connectivity index (χ2n) is 5.20. The van der Waals surface area contributed by atoms with Crippen molar-refractivity contribution in [2.45, 2.75) is 26.4 Å². The lowest BCUT2D eigenvalue weighted by atomic mass is 10.2. The SMILES string of the molecule is CN(C(=O)OC(C)(C)C)c1cc(Cl)nc2c(Br)cnn12. The van der Waals surface area contributed by atoms with Gasteiger partial charge in [-0.1, -0.05) is 11.6 Å². The molecule has 2 heterocycles. The van der Waals surface area contributed by atoms with E-state index in [1.54, 1.807) is 40.1 Å². The fourth-order valence-electron chi connectivity index (χ4n) is 1.55. The highest BCUT2D eigenvalue weighted by atomic mass is 79.9. The van der Waals surface area contributed by atoms with Crippen LogP contribution in [-0.2, 0) is 4.74 Å². The number of ether oxygens (including phenoxy) is 1. The third kappa shape index (κ3) is 3.04. The van der Waals surface area contributed by atoms with Crippen LogP contribution in [0.5, 0.6) is 0 Å². The molecule has 0 radical (unpaired) electrons. The Balaban J connectivity index is 2.44. The van der Waals surface area contributed by atoms with E-state index < -0.39 is 11.7 Å². The molecule has 0 saturated carbocycles. The van der Waals surface area contributed by atoms with Crippen LogP contribution in [0.15, 0.2) is 16.7 Å². The number of carbonyl (C=O) groups excluding carboxylic acids is 1. The molecule has 0 aliphatic carbocycles. The summed E-state index contributed by atoms with van der Waals surface area (Å²) in [5.74, 6) is 0.472. The van der Waals surface area contributed by atoms with E-state index in [1.807, 2.05) is 0 Å². The molecule has 2 aromatic heterocycles. The summed E-state index contributed by atoms with van der Waals surface area (Å²) in [6.07, 6.45) is 1.10. The highest BCUT2D eigenvalue weighted by molar-refractivity contribution is 9.10. The molecular weight excluding hydrogens is 348 g/mol. The lowest BCUT2D eigenvalue weighted by molar-refractivity contribution is 0.0587. The van der Waals surface area contributed by atoms with Gasteiger partial charge < -0.3 is 4.74 Å². The van der Waals surface area contributed by atoms with Gasteiger partial charge in [0.15, 0.2) is 5.65 Å². The van der Waals surface area contributed by atoms with Gasteiger partial charge in [0, 0.05) is 13.1 Å². The number of carbonyl (C=O) groups is 1. The summed E-state index contributed by atoms with van der Waals surface area (Å²) in [5.41, 5.74) is -0.0469. The summed E-state index contributed by atoms with van der Waals surface area (Å²) < 4.78 is 7.53. The zero-order valence-corrected chi connectivity index (χ0v) is 13.9. The Morgan fingerprint density at radius 1 is 1.50 bits per heavy atom. The van der Waals surface area contributed by atoms with Crippen LogP contribution < -0.4 is 4.90 Å². The largest absolute Gasteiger partial charge is 0.443 e. The lowest BCUT2D eigenvalue weighted by Crippen LogP contribution is -2.35. The molecule has 0 bridgehead atoms. The van der Waals surface area contributed by atoms with E-state index in [0.717, 1.165) is 0 Å². The summed E-state index contributed by atoms with van der Waals surface area (Å²) in [7, 11) is 1.59. The third-order valence-corrected chi connectivity index (χ3v) is 3.14. The van der Waals surface area contributed by atoms with Gasteiger partial charge in [-0.25, -0.2) is 9.78 Å². The van der Waals surface area contributed by atoms with Crippen molar-refractivity contribution in [1.82, 2.24) is 14.6 Å². The van der Waals surface area contributed by atoms with Crippen molar-refractivity contribution in [2.75, 3.05) is 11.9 Å². The predicted octanol–water partition coefficient (Wildman–Crippen LogP) is 3.52. The molecule has 2 aromatic rings. The van der Waals surface area contributed by atoms with Gasteiger partial charge in [-0.3, -0.25) is 4.90 Å². The fraction of sp³-hybridized carbons (Fsp3) is 0.417. The van der Waals surface area contributed by atoms with E-state index >= 15 is 0 Å². The number of anilines is 1. The molecule has 108 valence electrons. The summed E-state index contributed by atoms with van der Waals surface area (Å²) in [6, 6.07) is 1.55. The summed E-state index contributed by atoms with van der Waals surface area (Å²) >= 11 is 9.31. The van der Waals surface area contributed by atoms with Gasteiger partial charge in [-0.05, 0) is 36.7 Å². The van der Waals surface area contributed by atoms with Gasteiger partial charge in [0.2, 0.25) is 0 Å². The van der Waals surface area contributed by atoms with Gasteiger partial charge >= 0.3 is 6.09 Å². The lowest BCUT2D eigenvalue weighted by Gasteiger charge is -2.24. The van der Waals surface area contributed by atoms with E-state index in [-0.39, 0.29) is 5.15 Å². The number of amides is 1. The Hall–Kier alpha value is -1.34. The molecule has 0 aliphatic heterocycles. The number of aromatic nitrogens is 3. The second kappa shape index (κ2) is 5.21. The van der Waals surface area contributed by atoms with Crippen molar-refractivity contribution >= 4 is 45.1 Å². The van der Waals surface area contributed by atoms with Crippen LogP contribution in [-0.4, -0.2) is 33.3 Å². The Labute approximate surface area is 129 Å². The summed E-state index contributed by atoms with van der Waals surface area (Å²) in [6.45, 7) is 5.41. The normalized spacial score (nSPS) is 11.7. The molecule has 0 spiro atoms. The van der Waals surface area contributed by atoms with Crippen LogP contribution in [0.4, 0.5) is 10.6 Å². The van der Waals surface area contributed by atoms with Crippen molar-refractivity contribution in [2.24, 2.45) is 0 Å². The molecule has 0 atom stereocenters. The maximum Gasteiger partial charge on any atom is 0.415 e. The molecule has 0 N–H and O–H groups in total. The number of fused-ring (bicyclic) bond motifs is 1. The van der Waals surface area contributed by atoms with E-state index in [4.69, 9.17) is 16.3 Å². The topological polar surface area (TPSA) is 59.7 Å². The monoisotopic (exact) mass is 360 g/mol. The van der Waals surface area contributed by atoms with E-state index in [0.29, 0.717) is 15.9 Å². The van der Waals surface area contributed by atoms with E-state index in [2.05, 4.69) is 26.0 Å². The number of halogens is 2. The minimum atomic E-state index is -0.577. The van der Waals surface area contributed by atoms with Crippen molar-refractivity contribution < 1.29 is 9.53 Å². The van der Waals surface area contributed by atoms with Crippen molar-refractivity contribution in [1.29, 1.82) is 0 Å². The van der Waals surface area contributed by atoms with Crippen molar-refractivity contribution in [3.63, 3.8) is 0 Å². The van der Waals surface area contributed by atoms with Crippen LogP contribution in [0.2, 0.25) is 5.15 Å². The Bertz CT molecular complexity index is 665. The first-order valence-electron chi connectivity index (χ1n) is 5.85. The molecule has 0 saturated heterocycles. The van der Waals surface area contributed by atoms with Crippen molar-refractivity contribution in [3.8, 4) is 0 Å². The van der Waals surface area contributed by atoms with Crippen LogP contribution in [0.1, 0.15) is 20.8 Å². The first-order chi connectivity index (χ1) is 9.19. The smallest absolute Gasteiger partial charge is 0.415 e. The van der Waals surface area contributed by atoms with Gasteiger partial charge in [0.25, 0.3) is 0 Å². The zero-order valence-electron chi connectivity index (χ0n) is 11.5. The number of hydrogen-bond donors (Lipinski definition) is 0. The average Bonchev–Trinajstić information content (AvgIpc) is 2.67. The molecule has 6 nitrogen and oxygen atoms in total. The Morgan fingerprint density at radius 2 is 2.15 bits per heavy atom. The van der Waals surface area contributed by atoms with Crippen LogP contribution in [0.25, 0.3) is 5.65 Å². The molecule has 2 rings (SSSR count). The summed E-state index contributed by atoms with van der Waals surface area (Å²) in [4.78, 5) is 17.6. The quantitative estimate of drug-likeness (QED) is 0.729. The standard InChI is InChI=1S/C12H14BrClN4O2/c1-12(2,3)20-11(19)17(4)9-5-8(14)16-10-7(13)6-15-18(9)10/h5-6H,1-4H3. The molecule has 0 unspecified atom stereocenters. The van der Waals surface area contributed by atoms with Crippen LogP contribution in [0.3, 0.4) is 0 Å². The van der Waals surface area contributed by atoms with Crippen LogP contribution in [0, 0.1) is 0 Å². The second-order valence-corrected chi connectivity index (χ2v) is 6.45. The molecule has 8 heteroatoms. The summed E-state index contributed by atoms with van der Waals surface area (Å²) in [5, 5.41) is 4.43. The predicted molar refractivity (Wildman–Crippen MR) is 80.3 cm³/mol. The first kappa shape index (κ1) is 15.1. The van der Waals surface area contributed by atoms with E-state index in [9.17, 15) is 4.79 Å². The van der Waals surface area contributed by atoms with E-state index in [1.165, 1.54) is 9.42 Å². The number of rotatable bonds is 1. The molecule has 0 fully saturated rings. The Morgan fingerprint density at radius 3 is 2.75 bits per heavy atom. The average molecular weight is 362 g/mol. The third-order valence-electron chi connectivity index (χ3n) is 2.39. The minimum absolute atomic E-state index is 0.268. The maximum absolute atomic E-state index is 12.1. The van der Waals surface area contributed by atoms with Gasteiger partial charge in [0.1, 0.15) is 16.6 Å². The van der Waals surface area contributed by atoms with Gasteiger partial charge in [0.05, 0.1) is 10.7 Å². The maximum atomic E-state index is 12.1. The highest BCUT2D eigenvalue weighted by Crippen LogP contribution is 2.25. The first-order valence-corrected chi connectivity index (χ1v) is 7.02. The Kier molecular flexibility index (Phi) is 3.93. The molecular formula is C12H14BrClN4O2. The van der Waals surface area contributed by atoms with Crippen LogP contribution >= 0.6 is 27.5 Å².